The molecule has 0 radical (unpaired) electrons. The molecule has 0 spiro atoms. The Morgan fingerprint density at radius 2 is 1.76 bits per heavy atom. The van der Waals surface area contributed by atoms with Gasteiger partial charge in [0.25, 0.3) is 0 Å². The number of aromatic nitrogens is 3. The number of halogens is 2. The number of anilines is 1. The van der Waals surface area contributed by atoms with Crippen LogP contribution >= 0.6 is 11.6 Å². The molecule has 11 heteroatoms. The lowest BCUT2D eigenvalue weighted by Crippen LogP contribution is -2.43. The summed E-state index contributed by atoms with van der Waals surface area (Å²) in [6, 6.07) is 0.0767. The van der Waals surface area contributed by atoms with E-state index >= 15 is 4.39 Å². The molecule has 2 aromatic rings. The summed E-state index contributed by atoms with van der Waals surface area (Å²) in [6.07, 6.45) is 10.3. The van der Waals surface area contributed by atoms with Crippen LogP contribution in [-0.2, 0) is 11.2 Å². The van der Waals surface area contributed by atoms with E-state index in [0.717, 1.165) is 77.3 Å². The standard InChI is InChI=1S/C30H46ClFN6O3/c1-5-6-16-37(28(39)41-29(2,3)4)17-10-8-7-9-13-21-22-24(23(32)25(31)34-21)35-27(36-26(22)33)40-20-30-14-11-18-38(30)19-12-15-30/h5-20H2,1-4H3,(H2,33,35,36). The highest BCUT2D eigenvalue weighted by molar-refractivity contribution is 6.30. The first-order chi connectivity index (χ1) is 19.5. The number of amides is 1. The van der Waals surface area contributed by atoms with Gasteiger partial charge in [0.05, 0.1) is 16.6 Å². The Bertz CT molecular complexity index is 1200. The summed E-state index contributed by atoms with van der Waals surface area (Å²) in [5.41, 5.74) is 6.47. The third-order valence-electron chi connectivity index (χ3n) is 8.13. The number of hydrogen-bond donors (Lipinski definition) is 1. The second kappa shape index (κ2) is 13.7. The van der Waals surface area contributed by atoms with Crippen LogP contribution in [0.15, 0.2) is 0 Å². The molecular weight excluding hydrogens is 547 g/mol. The van der Waals surface area contributed by atoms with Crippen molar-refractivity contribution in [3.63, 3.8) is 0 Å². The molecule has 0 bridgehead atoms. The van der Waals surface area contributed by atoms with Crippen molar-refractivity contribution in [2.75, 3.05) is 38.5 Å². The number of hydrogen-bond acceptors (Lipinski definition) is 8. The molecule has 0 aromatic carbocycles. The Labute approximate surface area is 248 Å². The van der Waals surface area contributed by atoms with Crippen LogP contribution in [0, 0.1) is 5.82 Å². The minimum absolute atomic E-state index is 0.0204. The molecule has 2 N–H and O–H groups in total. The van der Waals surface area contributed by atoms with Gasteiger partial charge in [0.2, 0.25) is 0 Å². The number of rotatable bonds is 13. The van der Waals surface area contributed by atoms with Crippen LogP contribution in [0.25, 0.3) is 10.9 Å². The number of unbranched alkanes of at least 4 members (excludes halogenated alkanes) is 4. The number of carbonyl (C=O) groups excluding carboxylic acids is 1. The van der Waals surface area contributed by atoms with Crippen molar-refractivity contribution in [1.29, 1.82) is 0 Å². The van der Waals surface area contributed by atoms with Crippen LogP contribution in [0.1, 0.15) is 97.6 Å². The van der Waals surface area contributed by atoms with Crippen molar-refractivity contribution in [1.82, 2.24) is 24.8 Å². The molecule has 9 nitrogen and oxygen atoms in total. The summed E-state index contributed by atoms with van der Waals surface area (Å²) in [5.74, 6) is -0.556. The van der Waals surface area contributed by atoms with E-state index in [1.807, 2.05) is 20.8 Å². The Morgan fingerprint density at radius 1 is 1.07 bits per heavy atom. The molecule has 0 saturated carbocycles. The van der Waals surface area contributed by atoms with Gasteiger partial charge < -0.3 is 20.1 Å². The monoisotopic (exact) mass is 592 g/mol. The number of aryl methyl sites for hydroxylation is 1. The highest BCUT2D eigenvalue weighted by Gasteiger charge is 2.45. The van der Waals surface area contributed by atoms with Gasteiger partial charge in [0, 0.05) is 13.1 Å². The molecule has 228 valence electrons. The van der Waals surface area contributed by atoms with Crippen molar-refractivity contribution in [3.05, 3.63) is 16.7 Å². The summed E-state index contributed by atoms with van der Waals surface area (Å²) in [7, 11) is 0. The van der Waals surface area contributed by atoms with Crippen LogP contribution in [-0.4, -0.2) is 74.8 Å². The fraction of sp³-hybridized carbons (Fsp3) is 0.733. The van der Waals surface area contributed by atoms with Crippen molar-refractivity contribution >= 4 is 34.4 Å². The summed E-state index contributed by atoms with van der Waals surface area (Å²) in [5, 5.41) is 0.174. The summed E-state index contributed by atoms with van der Waals surface area (Å²) >= 11 is 6.18. The lowest BCUT2D eigenvalue weighted by Gasteiger charge is -2.31. The predicted octanol–water partition coefficient (Wildman–Crippen LogP) is 6.55. The predicted molar refractivity (Wildman–Crippen MR) is 160 cm³/mol. The number of pyridine rings is 1. The number of carbonyl (C=O) groups is 1. The molecule has 41 heavy (non-hydrogen) atoms. The Morgan fingerprint density at radius 3 is 2.44 bits per heavy atom. The van der Waals surface area contributed by atoms with E-state index in [9.17, 15) is 4.79 Å². The normalized spacial score (nSPS) is 16.7. The largest absolute Gasteiger partial charge is 0.461 e. The van der Waals surface area contributed by atoms with E-state index in [-0.39, 0.29) is 34.1 Å². The molecular formula is C30H46ClFN6O3. The molecule has 2 saturated heterocycles. The van der Waals surface area contributed by atoms with E-state index in [0.29, 0.717) is 37.2 Å². The SMILES string of the molecule is CCCCN(CCCCCCc1nc(Cl)c(F)c2nc(OCC34CCCN3CCC4)nc(N)c12)C(=O)OC(C)(C)C. The first-order valence-electron chi connectivity index (χ1n) is 15.2. The van der Waals surface area contributed by atoms with Crippen LogP contribution in [0.5, 0.6) is 6.01 Å². The number of ether oxygens (including phenoxy) is 2. The Kier molecular flexibility index (Phi) is 10.5. The Balaban J connectivity index is 1.34. The quantitative estimate of drug-likeness (QED) is 0.206. The third kappa shape index (κ3) is 7.89. The molecule has 2 aliphatic rings. The first kappa shape index (κ1) is 31.5. The van der Waals surface area contributed by atoms with Gasteiger partial charge in [-0.2, -0.15) is 9.97 Å². The van der Waals surface area contributed by atoms with Crippen LogP contribution < -0.4 is 10.5 Å². The Hall–Kier alpha value is -2.46. The van der Waals surface area contributed by atoms with Crippen molar-refractivity contribution < 1.29 is 18.7 Å². The average Bonchev–Trinajstić information content (AvgIpc) is 3.48. The molecule has 2 aromatic heterocycles. The average molecular weight is 593 g/mol. The van der Waals surface area contributed by atoms with E-state index in [4.69, 9.17) is 26.8 Å². The third-order valence-corrected chi connectivity index (χ3v) is 8.38. The molecule has 4 rings (SSSR count). The minimum Gasteiger partial charge on any atom is -0.461 e. The lowest BCUT2D eigenvalue weighted by atomic mass is 9.95. The molecule has 4 heterocycles. The molecule has 1 amide bonds. The van der Waals surface area contributed by atoms with Crippen molar-refractivity contribution in [3.8, 4) is 6.01 Å². The fourth-order valence-electron chi connectivity index (χ4n) is 6.05. The van der Waals surface area contributed by atoms with Gasteiger partial charge in [-0.3, -0.25) is 4.90 Å². The highest BCUT2D eigenvalue weighted by Crippen LogP contribution is 2.39. The van der Waals surface area contributed by atoms with E-state index in [1.165, 1.54) is 0 Å². The number of nitrogens with zero attached hydrogens (tertiary/aromatic N) is 5. The maximum atomic E-state index is 15.1. The summed E-state index contributed by atoms with van der Waals surface area (Å²) in [4.78, 5) is 29.9. The lowest BCUT2D eigenvalue weighted by molar-refractivity contribution is 0.0244. The summed E-state index contributed by atoms with van der Waals surface area (Å²) < 4.78 is 26.7. The molecule has 2 aliphatic heterocycles. The number of fused-ring (bicyclic) bond motifs is 2. The zero-order valence-electron chi connectivity index (χ0n) is 25.1. The van der Waals surface area contributed by atoms with Gasteiger partial charge in [-0.05, 0) is 85.2 Å². The summed E-state index contributed by atoms with van der Waals surface area (Å²) in [6.45, 7) is 11.7. The van der Waals surface area contributed by atoms with E-state index in [2.05, 4.69) is 26.8 Å². The minimum atomic E-state index is -0.708. The van der Waals surface area contributed by atoms with Gasteiger partial charge in [-0.1, -0.05) is 37.8 Å². The first-order valence-corrected chi connectivity index (χ1v) is 15.6. The maximum Gasteiger partial charge on any atom is 0.410 e. The van der Waals surface area contributed by atoms with Gasteiger partial charge >= 0.3 is 12.1 Å². The zero-order valence-corrected chi connectivity index (χ0v) is 25.9. The highest BCUT2D eigenvalue weighted by atomic mass is 35.5. The molecule has 0 atom stereocenters. The van der Waals surface area contributed by atoms with E-state index in [1.54, 1.807) is 4.90 Å². The molecule has 2 fully saturated rings. The maximum absolute atomic E-state index is 15.1. The second-order valence-electron chi connectivity index (χ2n) is 12.5. The topological polar surface area (TPSA) is 107 Å². The van der Waals surface area contributed by atoms with Crippen molar-refractivity contribution in [2.24, 2.45) is 0 Å². The van der Waals surface area contributed by atoms with Crippen LogP contribution in [0.4, 0.5) is 15.0 Å². The molecule has 0 unspecified atom stereocenters. The van der Waals surface area contributed by atoms with Gasteiger partial charge in [-0.25, -0.2) is 14.2 Å². The zero-order chi connectivity index (χ0) is 29.6. The van der Waals surface area contributed by atoms with Gasteiger partial charge in [0.1, 0.15) is 23.5 Å². The van der Waals surface area contributed by atoms with Gasteiger partial charge in [0.15, 0.2) is 11.0 Å². The number of nitrogens with two attached hydrogens (primary N) is 1. The number of nitrogen functional groups attached to an aromatic ring is 1. The second-order valence-corrected chi connectivity index (χ2v) is 12.8. The molecule has 0 aliphatic carbocycles. The van der Waals surface area contributed by atoms with Crippen LogP contribution in [0.3, 0.4) is 0 Å². The van der Waals surface area contributed by atoms with Crippen LogP contribution in [0.2, 0.25) is 5.15 Å². The van der Waals surface area contributed by atoms with E-state index < -0.39 is 11.4 Å². The van der Waals surface area contributed by atoms with Crippen molar-refractivity contribution in [2.45, 2.75) is 109 Å². The fourth-order valence-corrected chi connectivity index (χ4v) is 6.24. The smallest absolute Gasteiger partial charge is 0.410 e. The van der Waals surface area contributed by atoms with Gasteiger partial charge in [-0.15, -0.1) is 0 Å².